The smallest absolute Gasteiger partial charge is 0.252 e. The fraction of sp³-hybridized carbons (Fsp3) is 0.226. The Morgan fingerprint density at radius 1 is 0.946 bits per heavy atom. The number of nitrogens with one attached hydrogen (secondary N) is 3. The number of benzene rings is 3. The molecule has 1 aromatic heterocycles. The van der Waals surface area contributed by atoms with Crippen molar-refractivity contribution in [3.05, 3.63) is 119 Å². The number of H-pyrrole nitrogens is 1. The Balaban J connectivity index is 1.57. The van der Waals surface area contributed by atoms with Crippen LogP contribution >= 0.6 is 0 Å². The van der Waals surface area contributed by atoms with E-state index in [4.69, 9.17) is 0 Å². The number of para-hydroxylation sites is 1. The van der Waals surface area contributed by atoms with Crippen LogP contribution in [0.3, 0.4) is 0 Å². The van der Waals surface area contributed by atoms with E-state index in [1.165, 1.54) is 0 Å². The average molecular weight is 494 g/mol. The topological polar surface area (TPSA) is 94.2 Å². The van der Waals surface area contributed by atoms with Crippen molar-refractivity contribution in [1.82, 2.24) is 15.6 Å². The lowest BCUT2D eigenvalue weighted by atomic mass is 9.84. The molecular formula is C31H31N3O3. The van der Waals surface area contributed by atoms with Gasteiger partial charge in [-0.3, -0.25) is 9.59 Å². The molecule has 37 heavy (non-hydrogen) atoms. The first-order valence-electron chi connectivity index (χ1n) is 12.7. The lowest BCUT2D eigenvalue weighted by Crippen LogP contribution is -2.33. The Hall–Kier alpha value is -4.32. The van der Waals surface area contributed by atoms with Crippen molar-refractivity contribution in [1.29, 1.82) is 0 Å². The Kier molecular flexibility index (Phi) is 6.82. The van der Waals surface area contributed by atoms with Crippen LogP contribution in [0, 0.1) is 5.92 Å². The second-order valence-electron chi connectivity index (χ2n) is 9.77. The van der Waals surface area contributed by atoms with Gasteiger partial charge in [-0.05, 0) is 41.7 Å². The molecule has 2 atom stereocenters. The predicted octanol–water partition coefficient (Wildman–Crippen LogP) is 5.24. The van der Waals surface area contributed by atoms with E-state index in [0.29, 0.717) is 24.1 Å². The Morgan fingerprint density at radius 2 is 1.59 bits per heavy atom. The summed E-state index contributed by atoms with van der Waals surface area (Å²) in [5.74, 6) is -0.731. The van der Waals surface area contributed by atoms with E-state index >= 15 is 0 Å². The van der Waals surface area contributed by atoms with Gasteiger partial charge in [0.2, 0.25) is 0 Å². The summed E-state index contributed by atoms with van der Waals surface area (Å²) in [5.41, 5.74) is 4.69. The predicted molar refractivity (Wildman–Crippen MR) is 145 cm³/mol. The van der Waals surface area contributed by atoms with Crippen LogP contribution in [0.15, 0.2) is 96.3 Å². The van der Waals surface area contributed by atoms with E-state index in [9.17, 15) is 14.7 Å². The average Bonchev–Trinajstić information content (AvgIpc) is 3.43. The fourth-order valence-corrected chi connectivity index (χ4v) is 5.18. The van der Waals surface area contributed by atoms with E-state index in [-0.39, 0.29) is 23.5 Å². The van der Waals surface area contributed by atoms with Crippen LogP contribution in [0.5, 0.6) is 0 Å². The summed E-state index contributed by atoms with van der Waals surface area (Å²) in [4.78, 5) is 29.5. The SMILES string of the molecule is CC(C)C1NC(=O)C(C(c2ccccc2)c2[nH]c3ccccc3c2CCNC(=O)c2ccccc2)=C1O. The van der Waals surface area contributed by atoms with E-state index in [1.54, 1.807) is 12.1 Å². The van der Waals surface area contributed by atoms with Gasteiger partial charge in [-0.1, -0.05) is 80.6 Å². The maximum Gasteiger partial charge on any atom is 0.252 e. The maximum atomic E-state index is 13.3. The van der Waals surface area contributed by atoms with Crippen molar-refractivity contribution >= 4 is 22.7 Å². The molecule has 0 saturated carbocycles. The quantitative estimate of drug-likeness (QED) is 0.270. The first-order chi connectivity index (χ1) is 18.0. The Labute approximate surface area is 216 Å². The second-order valence-corrected chi connectivity index (χ2v) is 9.77. The molecule has 0 spiro atoms. The summed E-state index contributed by atoms with van der Waals surface area (Å²) in [6, 6.07) is 26.5. The number of fused-ring (bicyclic) bond motifs is 1. The van der Waals surface area contributed by atoms with Crippen molar-refractivity contribution in [3.63, 3.8) is 0 Å². The summed E-state index contributed by atoms with van der Waals surface area (Å²) < 4.78 is 0. The number of carbonyl (C=O) groups excluding carboxylic acids is 2. The highest BCUT2D eigenvalue weighted by Gasteiger charge is 2.40. The van der Waals surface area contributed by atoms with Crippen molar-refractivity contribution < 1.29 is 14.7 Å². The maximum absolute atomic E-state index is 13.3. The van der Waals surface area contributed by atoms with Crippen LogP contribution in [0.2, 0.25) is 0 Å². The van der Waals surface area contributed by atoms with Gasteiger partial charge in [0.15, 0.2) is 0 Å². The molecule has 2 heterocycles. The van der Waals surface area contributed by atoms with E-state index in [1.807, 2.05) is 86.6 Å². The highest BCUT2D eigenvalue weighted by Crippen LogP contribution is 2.40. The summed E-state index contributed by atoms with van der Waals surface area (Å²) in [5, 5.41) is 18.3. The summed E-state index contributed by atoms with van der Waals surface area (Å²) in [6.07, 6.45) is 0.560. The highest BCUT2D eigenvalue weighted by molar-refractivity contribution is 6.00. The van der Waals surface area contributed by atoms with Crippen molar-refractivity contribution in [2.24, 2.45) is 5.92 Å². The second kappa shape index (κ2) is 10.3. The van der Waals surface area contributed by atoms with E-state index < -0.39 is 12.0 Å². The summed E-state index contributed by atoms with van der Waals surface area (Å²) in [7, 11) is 0. The third-order valence-corrected chi connectivity index (χ3v) is 7.02. The lowest BCUT2D eigenvalue weighted by Gasteiger charge is -2.20. The number of aliphatic hydroxyl groups excluding tert-OH is 1. The molecule has 0 radical (unpaired) electrons. The zero-order valence-electron chi connectivity index (χ0n) is 21.0. The molecule has 6 heteroatoms. The van der Waals surface area contributed by atoms with Gasteiger partial charge in [0, 0.05) is 28.7 Å². The first-order valence-corrected chi connectivity index (χ1v) is 12.7. The Bertz CT molecular complexity index is 1460. The molecule has 2 unspecified atom stereocenters. The molecule has 6 nitrogen and oxygen atoms in total. The molecule has 0 saturated heterocycles. The minimum Gasteiger partial charge on any atom is -0.510 e. The van der Waals surface area contributed by atoms with Gasteiger partial charge in [0.25, 0.3) is 11.8 Å². The van der Waals surface area contributed by atoms with Crippen LogP contribution in [0.25, 0.3) is 10.9 Å². The third kappa shape index (κ3) is 4.75. The molecule has 4 N–H and O–H groups in total. The van der Waals surface area contributed by atoms with Gasteiger partial charge in [-0.25, -0.2) is 0 Å². The molecule has 2 amide bonds. The van der Waals surface area contributed by atoms with Gasteiger partial charge in [0.1, 0.15) is 5.76 Å². The molecule has 3 aromatic carbocycles. The van der Waals surface area contributed by atoms with Crippen LogP contribution in [-0.4, -0.2) is 34.5 Å². The van der Waals surface area contributed by atoms with Gasteiger partial charge in [-0.15, -0.1) is 0 Å². The third-order valence-electron chi connectivity index (χ3n) is 7.02. The molecular weight excluding hydrogens is 462 g/mol. The van der Waals surface area contributed by atoms with Gasteiger partial charge in [0.05, 0.1) is 17.5 Å². The summed E-state index contributed by atoms with van der Waals surface area (Å²) in [6.45, 7) is 4.38. The number of hydrogen-bond acceptors (Lipinski definition) is 3. The van der Waals surface area contributed by atoms with Gasteiger partial charge < -0.3 is 20.7 Å². The number of aromatic nitrogens is 1. The molecule has 1 aliphatic rings. The number of rotatable bonds is 8. The fourth-order valence-electron chi connectivity index (χ4n) is 5.18. The molecule has 188 valence electrons. The lowest BCUT2D eigenvalue weighted by molar-refractivity contribution is -0.117. The first kappa shape index (κ1) is 24.4. The molecule has 1 aliphatic heterocycles. The standard InChI is InChI=1S/C31H31N3O3/c1-19(2)27-29(35)26(31(37)34-27)25(20-11-5-3-6-12-20)28-23(22-15-9-10-16-24(22)33-28)17-18-32-30(36)21-13-7-4-8-14-21/h3-16,19,25,27,33,35H,17-18H2,1-2H3,(H,32,36)(H,34,37). The zero-order valence-corrected chi connectivity index (χ0v) is 21.0. The number of aliphatic hydroxyl groups is 1. The van der Waals surface area contributed by atoms with Crippen LogP contribution in [0.4, 0.5) is 0 Å². The largest absolute Gasteiger partial charge is 0.510 e. The van der Waals surface area contributed by atoms with E-state index in [0.717, 1.165) is 27.7 Å². The van der Waals surface area contributed by atoms with Crippen molar-refractivity contribution in [2.75, 3.05) is 6.54 Å². The van der Waals surface area contributed by atoms with Crippen LogP contribution in [-0.2, 0) is 11.2 Å². The summed E-state index contributed by atoms with van der Waals surface area (Å²) >= 11 is 0. The minimum atomic E-state index is -0.489. The molecule has 4 aromatic rings. The zero-order chi connectivity index (χ0) is 25.9. The minimum absolute atomic E-state index is 0.0493. The van der Waals surface area contributed by atoms with Crippen LogP contribution in [0.1, 0.15) is 46.9 Å². The Morgan fingerprint density at radius 3 is 2.27 bits per heavy atom. The normalized spacial score (nSPS) is 16.3. The van der Waals surface area contributed by atoms with Crippen molar-refractivity contribution in [2.45, 2.75) is 32.2 Å². The number of aromatic amines is 1. The molecule has 0 fully saturated rings. The number of hydrogen-bond donors (Lipinski definition) is 4. The molecule has 0 aliphatic carbocycles. The number of amides is 2. The van der Waals surface area contributed by atoms with Gasteiger partial charge >= 0.3 is 0 Å². The highest BCUT2D eigenvalue weighted by atomic mass is 16.3. The molecule has 0 bridgehead atoms. The van der Waals surface area contributed by atoms with Crippen molar-refractivity contribution in [3.8, 4) is 0 Å². The van der Waals surface area contributed by atoms with E-state index in [2.05, 4.69) is 15.6 Å². The number of carbonyl (C=O) groups is 2. The van der Waals surface area contributed by atoms with Crippen LogP contribution < -0.4 is 10.6 Å². The van der Waals surface area contributed by atoms with Gasteiger partial charge in [-0.2, -0.15) is 0 Å². The molecule has 5 rings (SSSR count). The monoisotopic (exact) mass is 493 g/mol.